The number of rotatable bonds is 2. The maximum absolute atomic E-state index is 12.8. The minimum atomic E-state index is -2.51. The highest BCUT2D eigenvalue weighted by atomic mass is 19.1. The molecule has 1 aromatic rings. The van der Waals surface area contributed by atoms with Crippen molar-refractivity contribution in [1.29, 1.82) is 0 Å². The van der Waals surface area contributed by atoms with Gasteiger partial charge >= 0.3 is 5.69 Å². The molecule has 2 rings (SSSR count). The van der Waals surface area contributed by atoms with Crippen molar-refractivity contribution in [3.8, 4) is 0 Å². The van der Waals surface area contributed by atoms with E-state index in [9.17, 15) is 24.2 Å². The summed E-state index contributed by atoms with van der Waals surface area (Å²) in [6, 6.07) is 0. The molecule has 1 aliphatic heterocycles. The molecular weight excluding hydrogens is 263 g/mol. The van der Waals surface area contributed by atoms with Crippen LogP contribution in [0.25, 0.3) is 0 Å². The summed E-state index contributed by atoms with van der Waals surface area (Å²) in [5.74, 6) is 0. The van der Waals surface area contributed by atoms with E-state index in [0.29, 0.717) is 0 Å². The quantitative estimate of drug-likeness (QED) is 0.484. The Labute approximate surface area is 105 Å². The first kappa shape index (κ1) is 13.9. The number of hydrogen-bond acceptors (Lipinski definition) is 6. The maximum atomic E-state index is 12.8. The van der Waals surface area contributed by atoms with Crippen LogP contribution in [-0.4, -0.2) is 49.5 Å². The van der Waals surface area contributed by atoms with Gasteiger partial charge in [-0.05, 0) is 6.92 Å². The van der Waals surface area contributed by atoms with Crippen molar-refractivity contribution in [2.45, 2.75) is 37.8 Å². The zero-order chi connectivity index (χ0) is 14.3. The number of aryl methyl sites for hydroxylation is 1. The van der Waals surface area contributed by atoms with Gasteiger partial charge in [0, 0.05) is 11.8 Å². The second-order valence-electron chi connectivity index (χ2n) is 4.32. The molecule has 1 unspecified atom stereocenters. The number of nitrogens with one attached hydrogen (secondary N) is 1. The van der Waals surface area contributed by atoms with E-state index in [4.69, 9.17) is 9.84 Å². The van der Waals surface area contributed by atoms with Crippen molar-refractivity contribution < 1.29 is 24.4 Å². The van der Waals surface area contributed by atoms with Gasteiger partial charge in [-0.3, -0.25) is 14.3 Å². The summed E-state index contributed by atoms with van der Waals surface area (Å²) in [7, 11) is 0. The lowest BCUT2D eigenvalue weighted by Gasteiger charge is -2.17. The second kappa shape index (κ2) is 4.85. The van der Waals surface area contributed by atoms with Gasteiger partial charge in [0.1, 0.15) is 18.3 Å². The monoisotopic (exact) mass is 276 g/mol. The molecule has 8 nitrogen and oxygen atoms in total. The van der Waals surface area contributed by atoms with Gasteiger partial charge in [-0.25, -0.2) is 9.18 Å². The van der Waals surface area contributed by atoms with Gasteiger partial charge in [0.2, 0.25) is 6.36 Å². The summed E-state index contributed by atoms with van der Waals surface area (Å²) in [5.41, 5.74) is -1.30. The van der Waals surface area contributed by atoms with E-state index in [1.54, 1.807) is 0 Å². The van der Waals surface area contributed by atoms with Crippen LogP contribution >= 0.6 is 0 Å². The normalized spacial score (nSPS) is 32.5. The average molecular weight is 276 g/mol. The molecule has 0 amide bonds. The molecule has 106 valence electrons. The molecule has 0 spiro atoms. The first-order valence-electron chi connectivity index (χ1n) is 5.48. The first-order valence-corrected chi connectivity index (χ1v) is 5.48. The van der Waals surface area contributed by atoms with E-state index in [0.717, 1.165) is 10.8 Å². The van der Waals surface area contributed by atoms with Crippen LogP contribution in [0.2, 0.25) is 0 Å². The van der Waals surface area contributed by atoms with E-state index in [2.05, 4.69) is 0 Å². The highest BCUT2D eigenvalue weighted by Crippen LogP contribution is 2.30. The summed E-state index contributed by atoms with van der Waals surface area (Å²) >= 11 is 0. The third-order valence-electron chi connectivity index (χ3n) is 2.97. The third kappa shape index (κ3) is 2.32. The summed E-state index contributed by atoms with van der Waals surface area (Å²) in [4.78, 5) is 24.8. The van der Waals surface area contributed by atoms with E-state index in [-0.39, 0.29) is 5.56 Å². The Morgan fingerprint density at radius 1 is 1.42 bits per heavy atom. The standard InChI is InChI=1S/C10H13FN2O6/c1-3-2-13(10(18)12-8(3)17)9-5(15)4(14)6(19-9)7(11)16/h2,4-7,9,14-16H,1H3,(H,12,17,18)/t4-,5+,6-,7?,9+/m0/s1. The first-order chi connectivity index (χ1) is 8.82. The van der Waals surface area contributed by atoms with E-state index in [1.807, 2.05) is 4.98 Å². The third-order valence-corrected chi connectivity index (χ3v) is 2.97. The van der Waals surface area contributed by atoms with Crippen molar-refractivity contribution in [3.05, 3.63) is 32.6 Å². The molecule has 4 N–H and O–H groups in total. The summed E-state index contributed by atoms with van der Waals surface area (Å²) in [5, 5.41) is 28.0. The van der Waals surface area contributed by atoms with E-state index < -0.39 is 42.1 Å². The predicted octanol–water partition coefficient (Wildman–Crippen LogP) is -2.25. The molecule has 0 bridgehead atoms. The maximum Gasteiger partial charge on any atom is 0.330 e. The molecule has 0 radical (unpaired) electrons. The number of aromatic amines is 1. The molecule has 0 aromatic carbocycles. The molecule has 19 heavy (non-hydrogen) atoms. The van der Waals surface area contributed by atoms with Gasteiger partial charge in [-0.2, -0.15) is 0 Å². The predicted molar refractivity (Wildman–Crippen MR) is 59.1 cm³/mol. The fourth-order valence-corrected chi connectivity index (χ4v) is 1.92. The van der Waals surface area contributed by atoms with E-state index in [1.165, 1.54) is 6.92 Å². The van der Waals surface area contributed by atoms with Crippen molar-refractivity contribution in [2.75, 3.05) is 0 Å². The van der Waals surface area contributed by atoms with E-state index >= 15 is 0 Å². The Hall–Kier alpha value is -1.55. The molecule has 1 fully saturated rings. The fourth-order valence-electron chi connectivity index (χ4n) is 1.92. The number of hydrogen-bond donors (Lipinski definition) is 4. The van der Waals surface area contributed by atoms with Gasteiger partial charge in [0.05, 0.1) is 0 Å². The van der Waals surface area contributed by atoms with Crippen molar-refractivity contribution in [1.82, 2.24) is 9.55 Å². The summed E-state index contributed by atoms with van der Waals surface area (Å²) in [6.45, 7) is 1.42. The lowest BCUT2D eigenvalue weighted by molar-refractivity contribution is -0.131. The highest BCUT2D eigenvalue weighted by Gasteiger charge is 2.47. The van der Waals surface area contributed by atoms with Crippen LogP contribution in [-0.2, 0) is 4.74 Å². The Morgan fingerprint density at radius 3 is 2.58 bits per heavy atom. The van der Waals surface area contributed by atoms with Crippen LogP contribution in [0.5, 0.6) is 0 Å². The molecular formula is C10H13FN2O6. The smallest absolute Gasteiger partial charge is 0.330 e. The largest absolute Gasteiger partial charge is 0.387 e. The Balaban J connectivity index is 2.41. The Morgan fingerprint density at radius 2 is 2.05 bits per heavy atom. The summed E-state index contributed by atoms with van der Waals surface area (Å²) < 4.78 is 18.5. The molecule has 5 atom stereocenters. The zero-order valence-corrected chi connectivity index (χ0v) is 9.86. The fraction of sp³-hybridized carbons (Fsp3) is 0.600. The van der Waals surface area contributed by atoms with Crippen LogP contribution in [0.3, 0.4) is 0 Å². The number of H-pyrrole nitrogens is 1. The topological polar surface area (TPSA) is 125 Å². The number of aliphatic hydroxyl groups excluding tert-OH is 3. The lowest BCUT2D eigenvalue weighted by atomic mass is 10.1. The summed E-state index contributed by atoms with van der Waals surface area (Å²) in [6.07, 6.45) is -7.75. The number of nitrogens with zero attached hydrogens (tertiary/aromatic N) is 1. The average Bonchev–Trinajstić information content (AvgIpc) is 2.62. The van der Waals surface area contributed by atoms with Crippen LogP contribution in [0.15, 0.2) is 15.8 Å². The Bertz CT molecular complexity index is 582. The van der Waals surface area contributed by atoms with Crippen molar-refractivity contribution >= 4 is 0 Å². The molecule has 0 aliphatic carbocycles. The van der Waals surface area contributed by atoms with Gasteiger partial charge in [-0.1, -0.05) is 0 Å². The molecule has 1 aromatic heterocycles. The molecule has 9 heteroatoms. The van der Waals surface area contributed by atoms with Gasteiger partial charge < -0.3 is 20.1 Å². The molecule has 1 aliphatic rings. The van der Waals surface area contributed by atoms with Gasteiger partial charge in [0.15, 0.2) is 6.23 Å². The van der Waals surface area contributed by atoms with Crippen LogP contribution in [0.1, 0.15) is 11.8 Å². The van der Waals surface area contributed by atoms with Crippen LogP contribution in [0, 0.1) is 6.92 Å². The minimum absolute atomic E-state index is 0.175. The zero-order valence-electron chi connectivity index (χ0n) is 9.86. The number of halogens is 1. The minimum Gasteiger partial charge on any atom is -0.387 e. The SMILES string of the molecule is Cc1cn([C@@H]2O[C@H](C(O)F)[C@@H](O)[C@H]2O)c(=O)[nH]c1=O. The molecule has 0 saturated carbocycles. The lowest BCUT2D eigenvalue weighted by Crippen LogP contribution is -2.39. The second-order valence-corrected chi connectivity index (χ2v) is 4.32. The highest BCUT2D eigenvalue weighted by molar-refractivity contribution is 5.03. The number of aromatic nitrogens is 2. The number of ether oxygens (including phenoxy) is 1. The number of alkyl halides is 1. The van der Waals surface area contributed by atoms with Gasteiger partial charge in [-0.15, -0.1) is 0 Å². The van der Waals surface area contributed by atoms with Crippen LogP contribution < -0.4 is 11.2 Å². The van der Waals surface area contributed by atoms with Crippen LogP contribution in [0.4, 0.5) is 4.39 Å². The van der Waals surface area contributed by atoms with Crippen molar-refractivity contribution in [3.63, 3.8) is 0 Å². The Kier molecular flexibility index (Phi) is 3.54. The molecule has 1 saturated heterocycles. The number of aliphatic hydroxyl groups is 3. The molecule has 2 heterocycles. The van der Waals surface area contributed by atoms with Crippen molar-refractivity contribution in [2.24, 2.45) is 0 Å². The van der Waals surface area contributed by atoms with Gasteiger partial charge in [0.25, 0.3) is 5.56 Å².